The molecule has 0 spiro atoms. The number of rotatable bonds is 8. The van der Waals surface area contributed by atoms with Crippen molar-refractivity contribution < 1.29 is 4.79 Å². The summed E-state index contributed by atoms with van der Waals surface area (Å²) in [5.41, 5.74) is 3.04. The molecule has 0 saturated heterocycles. The van der Waals surface area contributed by atoms with E-state index in [1.165, 1.54) is 14.7 Å². The van der Waals surface area contributed by atoms with Gasteiger partial charge in [0.1, 0.15) is 0 Å². The van der Waals surface area contributed by atoms with Gasteiger partial charge in [0.05, 0.1) is 17.6 Å². The van der Waals surface area contributed by atoms with Crippen molar-refractivity contribution in [3.63, 3.8) is 0 Å². The highest BCUT2D eigenvalue weighted by Crippen LogP contribution is 2.13. The maximum absolute atomic E-state index is 12.8. The number of benzene rings is 3. The number of aromatic nitrogens is 2. The molecule has 1 N–H and O–H groups in total. The van der Waals surface area contributed by atoms with E-state index in [-0.39, 0.29) is 12.5 Å². The number of hydrogen-bond donors (Lipinski definition) is 1. The number of nitrogens with zero attached hydrogens (tertiary/aromatic N) is 2. The van der Waals surface area contributed by atoms with Gasteiger partial charge in [0.15, 0.2) is 0 Å². The van der Waals surface area contributed by atoms with Crippen LogP contribution in [0.2, 0.25) is 0 Å². The van der Waals surface area contributed by atoms with E-state index >= 15 is 0 Å². The Morgan fingerprint density at radius 2 is 1.36 bits per heavy atom. The zero-order valence-electron chi connectivity index (χ0n) is 18.7. The lowest BCUT2D eigenvalue weighted by molar-refractivity contribution is 0.0953. The summed E-state index contributed by atoms with van der Waals surface area (Å²) in [6.07, 6.45) is 1.78. The third-order valence-corrected chi connectivity index (χ3v) is 5.78. The number of fused-ring (bicyclic) bond motifs is 1. The van der Waals surface area contributed by atoms with Gasteiger partial charge in [-0.15, -0.1) is 0 Å². The predicted octanol–water partition coefficient (Wildman–Crippen LogP) is 3.59. The second kappa shape index (κ2) is 10.1. The second-order valence-electron chi connectivity index (χ2n) is 7.97. The van der Waals surface area contributed by atoms with Gasteiger partial charge in [-0.25, -0.2) is 0 Å². The molecule has 0 fully saturated rings. The van der Waals surface area contributed by atoms with Crippen molar-refractivity contribution >= 4 is 16.9 Å². The summed E-state index contributed by atoms with van der Waals surface area (Å²) in [6.45, 7) is 3.15. The molecule has 33 heavy (non-hydrogen) atoms. The minimum absolute atomic E-state index is 0.122. The quantitative estimate of drug-likeness (QED) is 0.335. The van der Waals surface area contributed by atoms with E-state index in [0.717, 1.165) is 23.9 Å². The summed E-state index contributed by atoms with van der Waals surface area (Å²) in [5.74, 6) is -0.122. The highest BCUT2D eigenvalue weighted by molar-refractivity contribution is 5.94. The van der Waals surface area contributed by atoms with E-state index in [4.69, 9.17) is 0 Å². The van der Waals surface area contributed by atoms with E-state index in [1.807, 2.05) is 61.5 Å². The summed E-state index contributed by atoms with van der Waals surface area (Å²) >= 11 is 0. The van der Waals surface area contributed by atoms with Gasteiger partial charge in [-0.1, -0.05) is 54.6 Å². The van der Waals surface area contributed by atoms with Crippen LogP contribution in [0.3, 0.4) is 0 Å². The van der Waals surface area contributed by atoms with Crippen molar-refractivity contribution in [2.24, 2.45) is 0 Å². The van der Waals surface area contributed by atoms with Crippen LogP contribution >= 0.6 is 0 Å². The molecule has 0 aliphatic carbocycles. The van der Waals surface area contributed by atoms with Crippen LogP contribution in [0.25, 0.3) is 11.0 Å². The molecule has 0 atom stereocenters. The molecule has 0 aliphatic heterocycles. The van der Waals surface area contributed by atoms with Crippen LogP contribution in [0.4, 0.5) is 0 Å². The summed E-state index contributed by atoms with van der Waals surface area (Å²) in [5, 5.41) is 2.95. The normalized spacial score (nSPS) is 10.9. The third kappa shape index (κ3) is 4.95. The number of nitrogens with one attached hydrogen (secondary N) is 1. The van der Waals surface area contributed by atoms with Crippen molar-refractivity contribution in [1.82, 2.24) is 14.5 Å². The molecule has 3 aromatic carbocycles. The molecule has 0 radical (unpaired) electrons. The average molecular weight is 442 g/mol. The van der Waals surface area contributed by atoms with Gasteiger partial charge in [0, 0.05) is 18.7 Å². The Morgan fingerprint density at radius 1 is 0.758 bits per heavy atom. The number of carbonyl (C=O) groups excluding carboxylic acids is 1. The number of carbonyl (C=O) groups is 1. The Morgan fingerprint density at radius 3 is 2.03 bits per heavy atom. The fraction of sp³-hybridized carbons (Fsp3) is 0.222. The first-order valence-corrected chi connectivity index (χ1v) is 11.2. The first-order valence-electron chi connectivity index (χ1n) is 11.2. The fourth-order valence-electron chi connectivity index (χ4n) is 4.03. The summed E-state index contributed by atoms with van der Waals surface area (Å²) in [6, 6.07) is 24.8. The summed E-state index contributed by atoms with van der Waals surface area (Å²) in [4.78, 5) is 37.8. The predicted molar refractivity (Wildman–Crippen MR) is 131 cm³/mol. The van der Waals surface area contributed by atoms with Crippen LogP contribution in [0.15, 0.2) is 88.5 Å². The number of hydrogen-bond acceptors (Lipinski definition) is 3. The molecule has 0 bridgehead atoms. The smallest absolute Gasteiger partial charge is 0.317 e. The van der Waals surface area contributed by atoms with E-state index in [2.05, 4.69) is 17.4 Å². The Hall–Kier alpha value is -3.93. The van der Waals surface area contributed by atoms with E-state index in [1.54, 1.807) is 12.1 Å². The van der Waals surface area contributed by atoms with Crippen molar-refractivity contribution in [1.29, 1.82) is 0 Å². The molecule has 4 rings (SSSR count). The van der Waals surface area contributed by atoms with Crippen LogP contribution in [-0.2, 0) is 19.5 Å². The van der Waals surface area contributed by atoms with Crippen LogP contribution in [0.5, 0.6) is 0 Å². The molecule has 1 aromatic heterocycles. The topological polar surface area (TPSA) is 73.1 Å². The first kappa shape index (κ1) is 22.3. The van der Waals surface area contributed by atoms with Gasteiger partial charge in [0.25, 0.3) is 5.91 Å². The van der Waals surface area contributed by atoms with Gasteiger partial charge in [-0.05, 0) is 55.2 Å². The van der Waals surface area contributed by atoms with Gasteiger partial charge < -0.3 is 9.88 Å². The van der Waals surface area contributed by atoms with Crippen LogP contribution in [-0.4, -0.2) is 21.6 Å². The summed E-state index contributed by atoms with van der Waals surface area (Å²) in [7, 11) is 0. The minimum Gasteiger partial charge on any atom is -0.352 e. The van der Waals surface area contributed by atoms with Crippen molar-refractivity contribution in [3.8, 4) is 0 Å². The average Bonchev–Trinajstić information content (AvgIpc) is 2.86. The highest BCUT2D eigenvalue weighted by Gasteiger charge is 2.12. The zero-order chi connectivity index (χ0) is 23.2. The SMILES string of the molecule is CCn1c(=O)c(=O)n(Cc2ccc(C(=O)NCCCc3ccccc3)cc2)c2ccccc21. The minimum atomic E-state index is -0.546. The van der Waals surface area contributed by atoms with E-state index in [0.29, 0.717) is 24.2 Å². The molecule has 6 nitrogen and oxygen atoms in total. The molecular formula is C27H27N3O3. The van der Waals surface area contributed by atoms with Gasteiger partial charge in [-0.2, -0.15) is 0 Å². The maximum Gasteiger partial charge on any atom is 0.317 e. The Bertz CT molecular complexity index is 1370. The van der Waals surface area contributed by atoms with E-state index in [9.17, 15) is 14.4 Å². The molecule has 0 aliphatic rings. The van der Waals surface area contributed by atoms with Gasteiger partial charge >= 0.3 is 11.1 Å². The highest BCUT2D eigenvalue weighted by atomic mass is 16.2. The Labute approximate surface area is 192 Å². The van der Waals surface area contributed by atoms with Crippen LogP contribution in [0.1, 0.15) is 34.8 Å². The largest absolute Gasteiger partial charge is 0.352 e. The van der Waals surface area contributed by atoms with Crippen LogP contribution < -0.4 is 16.4 Å². The molecule has 0 saturated carbocycles. The van der Waals surface area contributed by atoms with Crippen molar-refractivity contribution in [2.75, 3.05) is 6.54 Å². The molecule has 6 heteroatoms. The van der Waals surface area contributed by atoms with Crippen molar-refractivity contribution in [2.45, 2.75) is 32.9 Å². The molecule has 1 heterocycles. The Balaban J connectivity index is 1.44. The fourth-order valence-corrected chi connectivity index (χ4v) is 4.03. The number of para-hydroxylation sites is 2. The molecule has 0 unspecified atom stereocenters. The Kier molecular flexibility index (Phi) is 6.83. The van der Waals surface area contributed by atoms with Gasteiger partial charge in [0.2, 0.25) is 0 Å². The molecule has 4 aromatic rings. The van der Waals surface area contributed by atoms with E-state index < -0.39 is 11.1 Å². The molecular weight excluding hydrogens is 414 g/mol. The monoisotopic (exact) mass is 441 g/mol. The zero-order valence-corrected chi connectivity index (χ0v) is 18.7. The first-order chi connectivity index (χ1) is 16.1. The standard InChI is InChI=1S/C27H27N3O3/c1-2-29-23-12-6-7-13-24(23)30(27(33)26(29)32)19-21-14-16-22(17-15-21)25(31)28-18-8-11-20-9-4-3-5-10-20/h3-7,9-10,12-17H,2,8,11,18-19H2,1H3,(H,28,31). The number of amides is 1. The number of aryl methyl sites for hydroxylation is 2. The lowest BCUT2D eigenvalue weighted by Crippen LogP contribution is -2.41. The second-order valence-corrected chi connectivity index (χ2v) is 7.97. The molecule has 1 amide bonds. The maximum atomic E-state index is 12.8. The summed E-state index contributed by atoms with van der Waals surface area (Å²) < 4.78 is 3.00. The van der Waals surface area contributed by atoms with Crippen molar-refractivity contribution in [3.05, 3.63) is 116 Å². The van der Waals surface area contributed by atoms with Gasteiger partial charge in [-0.3, -0.25) is 19.0 Å². The lowest BCUT2D eigenvalue weighted by Gasteiger charge is -2.14. The molecule has 168 valence electrons. The third-order valence-electron chi connectivity index (χ3n) is 5.78. The van der Waals surface area contributed by atoms with Crippen LogP contribution in [0, 0.1) is 0 Å². The lowest BCUT2D eigenvalue weighted by atomic mass is 10.1.